The van der Waals surface area contributed by atoms with Gasteiger partial charge in [-0.2, -0.15) is 11.8 Å². The predicted octanol–water partition coefficient (Wildman–Crippen LogP) is 8.71. The highest BCUT2D eigenvalue weighted by Gasteiger charge is 2.36. The van der Waals surface area contributed by atoms with E-state index in [9.17, 15) is 0 Å². The van der Waals surface area contributed by atoms with Gasteiger partial charge in [-0.25, -0.2) is 4.98 Å². The first-order valence-corrected chi connectivity index (χ1v) is 24.3. The van der Waals surface area contributed by atoms with Crippen molar-refractivity contribution in [2.45, 2.75) is 80.9 Å². The number of thioether (sulfide) groups is 2. The molecule has 4 aliphatic heterocycles. The Bertz CT molecular complexity index is 1500. The van der Waals surface area contributed by atoms with Crippen LogP contribution < -0.4 is 10.1 Å². The SMILES string of the molecule is CCN(CC)CC1(c2ccc(SCCCN3CCCC3)cc2)CCOCC1.c1ccc(NCC2(c3ccc(OCCCN4CCSCC4)cc3)CCOCC2)nc1. The summed E-state index contributed by atoms with van der Waals surface area (Å²) in [5.74, 6) is 5.66. The maximum Gasteiger partial charge on any atom is 0.125 e. The van der Waals surface area contributed by atoms with Crippen LogP contribution in [-0.2, 0) is 20.3 Å². The molecule has 57 heavy (non-hydrogen) atoms. The van der Waals surface area contributed by atoms with E-state index < -0.39 is 0 Å². The van der Waals surface area contributed by atoms with Crippen LogP contribution in [0.4, 0.5) is 5.82 Å². The molecule has 7 rings (SSSR count). The van der Waals surface area contributed by atoms with E-state index >= 15 is 0 Å². The van der Waals surface area contributed by atoms with Crippen molar-refractivity contribution in [3.63, 3.8) is 0 Å². The maximum absolute atomic E-state index is 6.02. The molecule has 10 heteroatoms. The number of rotatable bonds is 19. The highest BCUT2D eigenvalue weighted by Crippen LogP contribution is 2.38. The van der Waals surface area contributed by atoms with E-state index in [1.165, 1.54) is 85.3 Å². The Labute approximate surface area is 353 Å². The molecular formula is C47H71N5O3S2. The second-order valence-electron chi connectivity index (χ2n) is 16.3. The molecule has 0 unspecified atom stereocenters. The van der Waals surface area contributed by atoms with Crippen LogP contribution >= 0.6 is 23.5 Å². The summed E-state index contributed by atoms with van der Waals surface area (Å²) in [6.07, 6.45) is 11.3. The fourth-order valence-corrected chi connectivity index (χ4v) is 10.6. The molecule has 0 spiro atoms. The fourth-order valence-electron chi connectivity index (χ4n) is 8.83. The molecule has 3 aromatic rings. The summed E-state index contributed by atoms with van der Waals surface area (Å²) >= 11 is 4.08. The molecular weight excluding hydrogens is 747 g/mol. The molecule has 0 aliphatic carbocycles. The van der Waals surface area contributed by atoms with Gasteiger partial charge in [0.15, 0.2) is 0 Å². The van der Waals surface area contributed by atoms with Crippen LogP contribution in [0.25, 0.3) is 0 Å². The van der Waals surface area contributed by atoms with Crippen molar-refractivity contribution in [2.24, 2.45) is 0 Å². The standard InChI is InChI=1S/C24H33N3O2S.C23H38N2OS/c1-2-11-25-23(4-1)26-20-24(9-16-28-17-10-24)21-5-7-22(8-6-21)29-15-3-12-27-13-18-30-19-14-27;1-3-24(4-2)20-23(12-17-26-18-13-23)21-8-10-22(11-9-21)27-19-7-16-25-14-5-6-15-25/h1-2,4-8,11H,3,9-10,12-20H2,(H,25,26);8-11H,3-7,12-20H2,1-2H3. The van der Waals surface area contributed by atoms with Crippen molar-refractivity contribution < 1.29 is 14.2 Å². The summed E-state index contributed by atoms with van der Waals surface area (Å²) in [7, 11) is 0. The lowest BCUT2D eigenvalue weighted by Gasteiger charge is -2.41. The second kappa shape index (κ2) is 24.1. The van der Waals surface area contributed by atoms with E-state index in [1.807, 2.05) is 36.2 Å². The molecule has 314 valence electrons. The van der Waals surface area contributed by atoms with Crippen LogP contribution in [0.5, 0.6) is 5.75 Å². The molecule has 0 saturated carbocycles. The second-order valence-corrected chi connectivity index (χ2v) is 18.7. The van der Waals surface area contributed by atoms with Gasteiger partial charge in [0.25, 0.3) is 0 Å². The van der Waals surface area contributed by atoms with Crippen LogP contribution in [0.2, 0.25) is 0 Å². The lowest BCUT2D eigenvalue weighted by atomic mass is 9.73. The minimum Gasteiger partial charge on any atom is -0.494 e. The number of anilines is 1. The average molecular weight is 818 g/mol. The number of hydrogen-bond donors (Lipinski definition) is 1. The van der Waals surface area contributed by atoms with Gasteiger partial charge in [-0.15, -0.1) is 11.8 Å². The highest BCUT2D eigenvalue weighted by atomic mass is 32.2. The third-order valence-electron chi connectivity index (χ3n) is 12.6. The number of benzene rings is 2. The number of hydrogen-bond acceptors (Lipinski definition) is 10. The lowest BCUT2D eigenvalue weighted by molar-refractivity contribution is 0.0352. The van der Waals surface area contributed by atoms with Gasteiger partial charge >= 0.3 is 0 Å². The number of nitrogens with zero attached hydrogens (tertiary/aromatic N) is 4. The van der Waals surface area contributed by atoms with E-state index in [2.05, 4.69) is 99.1 Å². The minimum absolute atomic E-state index is 0.0700. The summed E-state index contributed by atoms with van der Waals surface area (Å²) in [5.41, 5.74) is 3.20. The normalized spacial score (nSPS) is 19.8. The largest absolute Gasteiger partial charge is 0.494 e. The summed E-state index contributed by atoms with van der Waals surface area (Å²) in [5, 5.41) is 3.54. The van der Waals surface area contributed by atoms with Crippen LogP contribution in [0, 0.1) is 0 Å². The summed E-state index contributed by atoms with van der Waals surface area (Å²) in [6, 6.07) is 24.2. The monoisotopic (exact) mass is 817 g/mol. The number of likely N-dealkylation sites (tertiary alicyclic amines) is 1. The molecule has 0 radical (unpaired) electrons. The van der Waals surface area contributed by atoms with E-state index in [0.29, 0.717) is 0 Å². The van der Waals surface area contributed by atoms with E-state index in [1.54, 1.807) is 0 Å². The maximum atomic E-state index is 6.02. The van der Waals surface area contributed by atoms with Crippen molar-refractivity contribution in [1.82, 2.24) is 19.7 Å². The quantitative estimate of drug-likeness (QED) is 0.0940. The summed E-state index contributed by atoms with van der Waals surface area (Å²) < 4.78 is 17.4. The average Bonchev–Trinajstić information content (AvgIpc) is 3.81. The molecule has 1 aromatic heterocycles. The zero-order chi connectivity index (χ0) is 39.4. The van der Waals surface area contributed by atoms with E-state index in [-0.39, 0.29) is 10.8 Å². The molecule has 0 amide bonds. The molecule has 5 heterocycles. The zero-order valence-electron chi connectivity index (χ0n) is 35.1. The predicted molar refractivity (Wildman–Crippen MR) is 242 cm³/mol. The summed E-state index contributed by atoms with van der Waals surface area (Å²) in [4.78, 5) is 13.6. The molecule has 2 aromatic carbocycles. The van der Waals surface area contributed by atoms with Crippen LogP contribution in [0.1, 0.15) is 76.3 Å². The van der Waals surface area contributed by atoms with Gasteiger partial charge < -0.3 is 34.2 Å². The number of likely N-dealkylation sites (N-methyl/N-ethyl adjacent to an activating group) is 1. The lowest BCUT2D eigenvalue weighted by Crippen LogP contribution is -2.44. The number of pyridine rings is 1. The Morgan fingerprint density at radius 1 is 0.754 bits per heavy atom. The Balaban J connectivity index is 0.000000194. The first kappa shape index (κ1) is 44.2. The van der Waals surface area contributed by atoms with Crippen molar-refractivity contribution in [1.29, 1.82) is 0 Å². The topological polar surface area (TPSA) is 62.3 Å². The number of ether oxygens (including phenoxy) is 3. The van der Waals surface area contributed by atoms with E-state index in [4.69, 9.17) is 14.2 Å². The number of aromatic nitrogens is 1. The zero-order valence-corrected chi connectivity index (χ0v) is 36.8. The van der Waals surface area contributed by atoms with Gasteiger partial charge in [-0.1, -0.05) is 44.2 Å². The molecule has 8 nitrogen and oxygen atoms in total. The van der Waals surface area contributed by atoms with Gasteiger partial charge in [0.1, 0.15) is 11.6 Å². The van der Waals surface area contributed by atoms with Gasteiger partial charge in [0.2, 0.25) is 0 Å². The smallest absolute Gasteiger partial charge is 0.125 e. The summed E-state index contributed by atoms with van der Waals surface area (Å²) in [6.45, 7) is 20.5. The van der Waals surface area contributed by atoms with Crippen molar-refractivity contribution >= 4 is 29.3 Å². The third-order valence-corrected chi connectivity index (χ3v) is 14.6. The molecule has 0 bridgehead atoms. The van der Waals surface area contributed by atoms with Gasteiger partial charge in [0.05, 0.1) is 6.61 Å². The van der Waals surface area contributed by atoms with Crippen LogP contribution in [0.15, 0.2) is 77.8 Å². The fraction of sp³-hybridized carbons (Fsp3) is 0.638. The first-order chi connectivity index (χ1) is 28.1. The van der Waals surface area contributed by atoms with Crippen molar-refractivity contribution in [3.05, 3.63) is 84.1 Å². The highest BCUT2D eigenvalue weighted by molar-refractivity contribution is 7.99. The Kier molecular flexibility index (Phi) is 18.7. The molecule has 0 atom stereocenters. The molecule has 4 fully saturated rings. The van der Waals surface area contributed by atoms with Gasteiger partial charge in [-0.3, -0.25) is 0 Å². The van der Waals surface area contributed by atoms with Crippen LogP contribution in [-0.4, -0.2) is 135 Å². The Morgan fingerprint density at radius 3 is 2.02 bits per heavy atom. The Hall–Kier alpha value is -2.31. The molecule has 4 saturated heterocycles. The van der Waals surface area contributed by atoms with Gasteiger partial charge in [0, 0.05) is 92.6 Å². The van der Waals surface area contributed by atoms with Crippen molar-refractivity contribution in [2.75, 3.05) is 121 Å². The third kappa shape index (κ3) is 13.9. The molecule has 4 aliphatic rings. The van der Waals surface area contributed by atoms with Crippen molar-refractivity contribution in [3.8, 4) is 5.75 Å². The first-order valence-electron chi connectivity index (χ1n) is 22.1. The Morgan fingerprint density at radius 2 is 1.37 bits per heavy atom. The van der Waals surface area contributed by atoms with Crippen LogP contribution in [0.3, 0.4) is 0 Å². The van der Waals surface area contributed by atoms with Gasteiger partial charge in [-0.05, 0) is 137 Å². The van der Waals surface area contributed by atoms with E-state index in [0.717, 1.165) is 109 Å². The molecule has 1 N–H and O–H groups in total. The minimum atomic E-state index is 0.0700. The number of nitrogens with one attached hydrogen (secondary N) is 1.